The first kappa shape index (κ1) is 11.9. The van der Waals surface area contributed by atoms with Gasteiger partial charge in [-0.2, -0.15) is 0 Å². The van der Waals surface area contributed by atoms with Crippen molar-refractivity contribution in [2.75, 3.05) is 11.4 Å². The van der Waals surface area contributed by atoms with Crippen LogP contribution in [0.15, 0.2) is 60.7 Å². The lowest BCUT2D eigenvalue weighted by Gasteiger charge is -2.27. The second-order valence-electron chi connectivity index (χ2n) is 4.53. The molecule has 0 amide bonds. The molecule has 1 aliphatic heterocycles. The lowest BCUT2D eigenvalue weighted by Crippen LogP contribution is -2.24. The standard InChI is InChI=1S/C16H13F2N/c17-13-8-9-14(18)16(11-13)19-10-4-7-15(19)12-5-2-1-3-6-12/h1-9,11,15H,10H2. The zero-order valence-electron chi connectivity index (χ0n) is 10.3. The van der Waals surface area contributed by atoms with Crippen molar-refractivity contribution in [1.82, 2.24) is 0 Å². The first-order valence-corrected chi connectivity index (χ1v) is 6.19. The molecule has 0 saturated heterocycles. The van der Waals surface area contributed by atoms with E-state index in [1.54, 1.807) is 0 Å². The molecule has 1 heterocycles. The van der Waals surface area contributed by atoms with Gasteiger partial charge in [-0.3, -0.25) is 0 Å². The molecule has 96 valence electrons. The van der Waals surface area contributed by atoms with E-state index in [-0.39, 0.29) is 6.04 Å². The summed E-state index contributed by atoms with van der Waals surface area (Å²) in [6.07, 6.45) is 3.99. The minimum Gasteiger partial charge on any atom is -0.355 e. The molecule has 0 N–H and O–H groups in total. The van der Waals surface area contributed by atoms with Gasteiger partial charge in [0.1, 0.15) is 11.6 Å². The Kier molecular flexibility index (Phi) is 3.03. The minimum absolute atomic E-state index is 0.0440. The maximum atomic E-state index is 13.9. The van der Waals surface area contributed by atoms with Crippen LogP contribution in [0.4, 0.5) is 14.5 Å². The van der Waals surface area contributed by atoms with Crippen molar-refractivity contribution in [1.29, 1.82) is 0 Å². The molecule has 19 heavy (non-hydrogen) atoms. The molecule has 1 nitrogen and oxygen atoms in total. The van der Waals surface area contributed by atoms with Crippen molar-refractivity contribution < 1.29 is 8.78 Å². The van der Waals surface area contributed by atoms with Gasteiger partial charge in [-0.1, -0.05) is 42.5 Å². The van der Waals surface area contributed by atoms with E-state index in [0.717, 1.165) is 11.6 Å². The topological polar surface area (TPSA) is 3.24 Å². The van der Waals surface area contributed by atoms with E-state index in [1.807, 2.05) is 47.4 Å². The van der Waals surface area contributed by atoms with Gasteiger partial charge in [0.2, 0.25) is 0 Å². The summed E-state index contributed by atoms with van der Waals surface area (Å²) in [5.74, 6) is -0.818. The van der Waals surface area contributed by atoms with Crippen molar-refractivity contribution in [2.45, 2.75) is 6.04 Å². The summed E-state index contributed by atoms with van der Waals surface area (Å²) in [5.41, 5.74) is 1.37. The van der Waals surface area contributed by atoms with Crippen LogP contribution in [0, 0.1) is 11.6 Å². The molecule has 2 aromatic rings. The average molecular weight is 257 g/mol. The van der Waals surface area contributed by atoms with Crippen molar-refractivity contribution in [3.63, 3.8) is 0 Å². The molecular weight excluding hydrogens is 244 g/mol. The molecule has 1 aliphatic rings. The Morgan fingerprint density at radius 3 is 2.58 bits per heavy atom. The lowest BCUT2D eigenvalue weighted by atomic mass is 10.1. The third-order valence-electron chi connectivity index (χ3n) is 3.31. The van der Waals surface area contributed by atoms with Crippen LogP contribution in [-0.2, 0) is 0 Å². The number of rotatable bonds is 2. The number of anilines is 1. The van der Waals surface area contributed by atoms with Gasteiger partial charge in [-0.25, -0.2) is 8.78 Å². The summed E-state index contributed by atoms with van der Waals surface area (Å²) in [6, 6.07) is 13.3. The van der Waals surface area contributed by atoms with Crippen LogP contribution in [0.5, 0.6) is 0 Å². The first-order chi connectivity index (χ1) is 9.25. The van der Waals surface area contributed by atoms with E-state index in [4.69, 9.17) is 0 Å². The lowest BCUT2D eigenvalue weighted by molar-refractivity contribution is 0.592. The third kappa shape index (κ3) is 2.24. The SMILES string of the molecule is Fc1ccc(F)c(N2CC=CC2c2ccccc2)c1. The van der Waals surface area contributed by atoms with Gasteiger partial charge in [0.15, 0.2) is 0 Å². The number of hydrogen-bond acceptors (Lipinski definition) is 1. The smallest absolute Gasteiger partial charge is 0.146 e. The highest BCUT2D eigenvalue weighted by Crippen LogP contribution is 2.33. The van der Waals surface area contributed by atoms with Gasteiger partial charge < -0.3 is 4.90 Å². The monoisotopic (exact) mass is 257 g/mol. The predicted octanol–water partition coefficient (Wildman–Crippen LogP) is 4.08. The zero-order valence-corrected chi connectivity index (χ0v) is 10.3. The maximum Gasteiger partial charge on any atom is 0.146 e. The van der Waals surface area contributed by atoms with Crippen molar-refractivity contribution in [2.24, 2.45) is 0 Å². The van der Waals surface area contributed by atoms with E-state index in [1.165, 1.54) is 12.1 Å². The summed E-state index contributed by atoms with van der Waals surface area (Å²) in [6.45, 7) is 0.583. The van der Waals surface area contributed by atoms with Crippen LogP contribution < -0.4 is 4.90 Å². The predicted molar refractivity (Wildman–Crippen MR) is 72.0 cm³/mol. The highest BCUT2D eigenvalue weighted by Gasteiger charge is 2.24. The molecule has 0 saturated carbocycles. The second-order valence-corrected chi connectivity index (χ2v) is 4.53. The summed E-state index contributed by atoms with van der Waals surface area (Å²) in [7, 11) is 0. The van der Waals surface area contributed by atoms with E-state index in [9.17, 15) is 8.78 Å². The fraction of sp³-hybridized carbons (Fsp3) is 0.125. The van der Waals surface area contributed by atoms with Crippen LogP contribution >= 0.6 is 0 Å². The Morgan fingerprint density at radius 1 is 1.00 bits per heavy atom. The largest absolute Gasteiger partial charge is 0.355 e. The van der Waals surface area contributed by atoms with Gasteiger partial charge in [0, 0.05) is 12.6 Å². The number of nitrogens with zero attached hydrogens (tertiary/aromatic N) is 1. The van der Waals surface area contributed by atoms with Crippen LogP contribution in [-0.4, -0.2) is 6.54 Å². The molecule has 0 bridgehead atoms. The first-order valence-electron chi connectivity index (χ1n) is 6.19. The van der Waals surface area contributed by atoms with Crippen molar-refractivity contribution in [3.05, 3.63) is 77.9 Å². The van der Waals surface area contributed by atoms with E-state index < -0.39 is 11.6 Å². The molecule has 0 fully saturated rings. The Bertz CT molecular complexity index is 607. The summed E-state index contributed by atoms with van der Waals surface area (Å²) < 4.78 is 27.2. The normalized spacial score (nSPS) is 18.0. The number of benzene rings is 2. The van der Waals surface area contributed by atoms with Crippen molar-refractivity contribution in [3.8, 4) is 0 Å². The quantitative estimate of drug-likeness (QED) is 0.733. The van der Waals surface area contributed by atoms with Gasteiger partial charge in [-0.15, -0.1) is 0 Å². The number of halogens is 2. The summed E-state index contributed by atoms with van der Waals surface area (Å²) >= 11 is 0. The van der Waals surface area contributed by atoms with Crippen LogP contribution in [0.3, 0.4) is 0 Å². The molecular formula is C16H13F2N. The molecule has 0 aliphatic carbocycles. The second kappa shape index (κ2) is 4.84. The molecule has 3 rings (SSSR count). The van der Waals surface area contributed by atoms with E-state index in [0.29, 0.717) is 12.2 Å². The minimum atomic E-state index is -0.421. The Labute approximate surface area is 110 Å². The summed E-state index contributed by atoms with van der Waals surface area (Å²) in [5, 5.41) is 0. The molecule has 1 unspecified atom stereocenters. The summed E-state index contributed by atoms with van der Waals surface area (Å²) in [4.78, 5) is 1.85. The van der Waals surface area contributed by atoms with Crippen LogP contribution in [0.1, 0.15) is 11.6 Å². The molecule has 1 atom stereocenters. The third-order valence-corrected chi connectivity index (χ3v) is 3.31. The van der Waals surface area contributed by atoms with E-state index >= 15 is 0 Å². The van der Waals surface area contributed by atoms with Gasteiger partial charge in [0.25, 0.3) is 0 Å². The molecule has 0 radical (unpaired) electrons. The molecule has 3 heteroatoms. The highest BCUT2D eigenvalue weighted by molar-refractivity contribution is 5.54. The maximum absolute atomic E-state index is 13.9. The average Bonchev–Trinajstić information content (AvgIpc) is 2.91. The zero-order chi connectivity index (χ0) is 13.2. The fourth-order valence-corrected chi connectivity index (χ4v) is 2.42. The molecule has 0 aromatic heterocycles. The Hall–Kier alpha value is -2.16. The fourth-order valence-electron chi connectivity index (χ4n) is 2.42. The van der Waals surface area contributed by atoms with Crippen LogP contribution in [0.25, 0.3) is 0 Å². The van der Waals surface area contributed by atoms with E-state index in [2.05, 4.69) is 0 Å². The van der Waals surface area contributed by atoms with Gasteiger partial charge in [-0.05, 0) is 17.7 Å². The number of hydrogen-bond donors (Lipinski definition) is 0. The molecule has 2 aromatic carbocycles. The van der Waals surface area contributed by atoms with Gasteiger partial charge >= 0.3 is 0 Å². The molecule has 0 spiro atoms. The highest BCUT2D eigenvalue weighted by atomic mass is 19.1. The van der Waals surface area contributed by atoms with Gasteiger partial charge in [0.05, 0.1) is 11.7 Å². The Balaban J connectivity index is 1.99. The van der Waals surface area contributed by atoms with Crippen LogP contribution in [0.2, 0.25) is 0 Å². The van der Waals surface area contributed by atoms with Crippen molar-refractivity contribution >= 4 is 5.69 Å². The Morgan fingerprint density at radius 2 is 1.79 bits per heavy atom.